The maximum absolute atomic E-state index is 14.4. The van der Waals surface area contributed by atoms with Crippen LogP contribution in [0, 0.1) is 11.7 Å². The monoisotopic (exact) mass is 267 g/mol. The third-order valence-corrected chi connectivity index (χ3v) is 3.20. The Balaban J connectivity index is 2.18. The summed E-state index contributed by atoms with van der Waals surface area (Å²) in [6.45, 7) is 6.56. The van der Waals surface area contributed by atoms with E-state index in [1.807, 2.05) is 20.8 Å². The molecular weight excluding hydrogens is 249 g/mol. The Kier molecular flexibility index (Phi) is 3.43. The molecule has 2 heterocycles. The Bertz CT molecular complexity index is 493. The number of nitrogens with zero attached hydrogens (tertiary/aromatic N) is 3. The minimum Gasteiger partial charge on any atom is -0.469 e. The number of ether oxygens (including phenoxy) is 1. The minimum atomic E-state index is -0.404. The molecule has 1 saturated heterocycles. The van der Waals surface area contributed by atoms with E-state index >= 15 is 0 Å². The topological polar surface area (TPSA) is 55.3 Å². The molecule has 1 fully saturated rings. The summed E-state index contributed by atoms with van der Waals surface area (Å²) in [7, 11) is 1.36. The van der Waals surface area contributed by atoms with Crippen molar-refractivity contribution in [1.29, 1.82) is 0 Å². The lowest BCUT2D eigenvalue weighted by atomic mass is 9.91. The predicted molar refractivity (Wildman–Crippen MR) is 68.4 cm³/mol. The molecule has 0 amide bonds. The first kappa shape index (κ1) is 13.7. The molecule has 0 N–H and O–H groups in total. The highest BCUT2D eigenvalue weighted by Crippen LogP contribution is 2.30. The van der Waals surface area contributed by atoms with Crippen LogP contribution in [0.3, 0.4) is 0 Å². The molecule has 1 aliphatic heterocycles. The normalized spacial score (nSPS) is 16.2. The molecule has 0 saturated carbocycles. The van der Waals surface area contributed by atoms with Crippen molar-refractivity contribution in [3.05, 3.63) is 17.8 Å². The van der Waals surface area contributed by atoms with Gasteiger partial charge in [0.1, 0.15) is 6.33 Å². The highest BCUT2D eigenvalue weighted by Gasteiger charge is 2.36. The van der Waals surface area contributed by atoms with E-state index in [0.717, 1.165) is 0 Å². The number of halogens is 1. The van der Waals surface area contributed by atoms with Crippen molar-refractivity contribution < 1.29 is 13.9 Å². The Morgan fingerprint density at radius 2 is 2.05 bits per heavy atom. The van der Waals surface area contributed by atoms with Gasteiger partial charge in [0.2, 0.25) is 0 Å². The zero-order chi connectivity index (χ0) is 14.2. The molecule has 6 heteroatoms. The third kappa shape index (κ3) is 2.52. The van der Waals surface area contributed by atoms with Crippen LogP contribution in [0.15, 0.2) is 6.33 Å². The summed E-state index contributed by atoms with van der Waals surface area (Å²) in [6.07, 6.45) is 1.37. The molecular formula is C13H18FN3O2. The molecule has 0 unspecified atom stereocenters. The quantitative estimate of drug-likeness (QED) is 0.760. The molecule has 1 aromatic rings. The number of esters is 1. The molecule has 0 atom stereocenters. The van der Waals surface area contributed by atoms with Crippen molar-refractivity contribution in [3.63, 3.8) is 0 Å². The second kappa shape index (κ2) is 4.75. The van der Waals surface area contributed by atoms with E-state index in [2.05, 4.69) is 14.7 Å². The molecule has 0 bridgehead atoms. The molecule has 19 heavy (non-hydrogen) atoms. The summed E-state index contributed by atoms with van der Waals surface area (Å²) in [5.74, 6) is -0.599. The molecule has 104 valence electrons. The van der Waals surface area contributed by atoms with Crippen molar-refractivity contribution in [2.45, 2.75) is 26.2 Å². The number of carbonyl (C=O) groups is 1. The Morgan fingerprint density at radius 3 is 2.58 bits per heavy atom. The van der Waals surface area contributed by atoms with Crippen LogP contribution >= 0.6 is 0 Å². The number of hydrogen-bond donors (Lipinski definition) is 0. The lowest BCUT2D eigenvalue weighted by Crippen LogP contribution is -2.51. The first-order valence-corrected chi connectivity index (χ1v) is 6.18. The van der Waals surface area contributed by atoms with Crippen LogP contribution in [0.4, 0.5) is 10.2 Å². The van der Waals surface area contributed by atoms with Crippen molar-refractivity contribution in [2.24, 2.45) is 5.92 Å². The van der Waals surface area contributed by atoms with Gasteiger partial charge >= 0.3 is 5.97 Å². The average Bonchev–Trinajstić information content (AvgIpc) is 2.27. The fourth-order valence-corrected chi connectivity index (χ4v) is 2.07. The number of rotatable bonds is 2. The molecule has 2 rings (SSSR count). The van der Waals surface area contributed by atoms with Gasteiger partial charge in [-0.15, -0.1) is 0 Å². The Morgan fingerprint density at radius 1 is 1.42 bits per heavy atom. The van der Waals surface area contributed by atoms with Gasteiger partial charge in [0.15, 0.2) is 11.6 Å². The van der Waals surface area contributed by atoms with E-state index in [9.17, 15) is 9.18 Å². The summed E-state index contributed by atoms with van der Waals surface area (Å²) in [4.78, 5) is 21.0. The van der Waals surface area contributed by atoms with E-state index in [4.69, 9.17) is 0 Å². The molecule has 0 spiro atoms. The summed E-state index contributed by atoms with van der Waals surface area (Å²) in [5, 5.41) is 0. The van der Waals surface area contributed by atoms with Crippen LogP contribution in [0.1, 0.15) is 26.5 Å². The molecule has 0 aromatic carbocycles. The second-order valence-electron chi connectivity index (χ2n) is 5.73. The first-order valence-electron chi connectivity index (χ1n) is 6.18. The van der Waals surface area contributed by atoms with Crippen LogP contribution in [0.25, 0.3) is 0 Å². The van der Waals surface area contributed by atoms with Crippen molar-refractivity contribution in [1.82, 2.24) is 9.97 Å². The van der Waals surface area contributed by atoms with Crippen molar-refractivity contribution in [2.75, 3.05) is 25.1 Å². The lowest BCUT2D eigenvalue weighted by molar-refractivity contribution is -0.146. The van der Waals surface area contributed by atoms with Gasteiger partial charge in [-0.1, -0.05) is 20.8 Å². The fraction of sp³-hybridized carbons (Fsp3) is 0.615. The molecule has 1 aromatic heterocycles. The van der Waals surface area contributed by atoms with Gasteiger partial charge in [-0.05, 0) is 0 Å². The molecule has 1 aliphatic rings. The van der Waals surface area contributed by atoms with Gasteiger partial charge in [-0.25, -0.2) is 14.4 Å². The fourth-order valence-electron chi connectivity index (χ4n) is 2.07. The summed E-state index contributed by atoms with van der Waals surface area (Å²) in [5.41, 5.74) is 0.00742. The standard InChI is InChI=1S/C13H18FN3O2/c1-13(2,3)10-9(14)11(16-7-15-10)17-5-8(6-17)12(18)19-4/h7-8H,5-6H2,1-4H3. The Hall–Kier alpha value is -1.72. The maximum atomic E-state index is 14.4. The van der Waals surface area contributed by atoms with E-state index in [1.54, 1.807) is 4.90 Å². The van der Waals surface area contributed by atoms with Crippen LogP contribution < -0.4 is 4.90 Å². The van der Waals surface area contributed by atoms with Crippen molar-refractivity contribution in [3.8, 4) is 0 Å². The third-order valence-electron chi connectivity index (χ3n) is 3.20. The van der Waals surface area contributed by atoms with Crippen LogP contribution in [0.2, 0.25) is 0 Å². The van der Waals surface area contributed by atoms with Gasteiger partial charge in [-0.2, -0.15) is 0 Å². The SMILES string of the molecule is COC(=O)C1CN(c2ncnc(C(C)(C)C)c2F)C1. The summed E-state index contributed by atoms with van der Waals surface area (Å²) < 4.78 is 19.0. The summed E-state index contributed by atoms with van der Waals surface area (Å²) >= 11 is 0. The number of carbonyl (C=O) groups excluding carboxylic acids is 1. The first-order chi connectivity index (χ1) is 8.84. The Labute approximate surface area is 111 Å². The smallest absolute Gasteiger partial charge is 0.312 e. The van der Waals surface area contributed by atoms with Gasteiger partial charge in [0, 0.05) is 18.5 Å². The lowest BCUT2D eigenvalue weighted by Gasteiger charge is -2.38. The van der Waals surface area contributed by atoms with Gasteiger partial charge in [0.05, 0.1) is 18.7 Å². The molecule has 0 radical (unpaired) electrons. The van der Waals surface area contributed by atoms with Crippen LogP contribution in [-0.2, 0) is 14.9 Å². The minimum absolute atomic E-state index is 0.197. The van der Waals surface area contributed by atoms with Gasteiger partial charge < -0.3 is 9.64 Å². The zero-order valence-corrected chi connectivity index (χ0v) is 11.6. The van der Waals surface area contributed by atoms with E-state index in [0.29, 0.717) is 18.8 Å². The predicted octanol–water partition coefficient (Wildman–Crippen LogP) is 1.52. The maximum Gasteiger partial charge on any atom is 0.312 e. The highest BCUT2D eigenvalue weighted by molar-refractivity contribution is 5.76. The number of hydrogen-bond acceptors (Lipinski definition) is 5. The average molecular weight is 267 g/mol. The second-order valence-corrected chi connectivity index (χ2v) is 5.73. The van der Waals surface area contributed by atoms with Crippen LogP contribution in [0.5, 0.6) is 0 Å². The van der Waals surface area contributed by atoms with Gasteiger partial charge in [-0.3, -0.25) is 4.79 Å². The summed E-state index contributed by atoms with van der Waals surface area (Å²) in [6, 6.07) is 0. The molecule has 5 nitrogen and oxygen atoms in total. The highest BCUT2D eigenvalue weighted by atomic mass is 19.1. The van der Waals surface area contributed by atoms with E-state index in [1.165, 1.54) is 13.4 Å². The number of methoxy groups -OCH3 is 1. The van der Waals surface area contributed by atoms with E-state index < -0.39 is 5.82 Å². The zero-order valence-electron chi connectivity index (χ0n) is 11.6. The largest absolute Gasteiger partial charge is 0.469 e. The van der Waals surface area contributed by atoms with Crippen LogP contribution in [-0.4, -0.2) is 36.1 Å². The van der Waals surface area contributed by atoms with Gasteiger partial charge in [0.25, 0.3) is 0 Å². The molecule has 0 aliphatic carbocycles. The number of anilines is 1. The van der Waals surface area contributed by atoms with Crippen molar-refractivity contribution >= 4 is 11.8 Å². The number of aromatic nitrogens is 2. The van der Waals surface area contributed by atoms with E-state index in [-0.39, 0.29) is 23.1 Å².